The van der Waals surface area contributed by atoms with E-state index >= 15 is 0 Å². The summed E-state index contributed by atoms with van der Waals surface area (Å²) < 4.78 is 2.84. The Hall–Kier alpha value is -3.02. The van der Waals surface area contributed by atoms with Crippen LogP contribution >= 0.6 is 11.3 Å². The van der Waals surface area contributed by atoms with Crippen LogP contribution in [0, 0.1) is 11.3 Å². The number of fused-ring (bicyclic) bond motifs is 4. The molecule has 2 aliphatic rings. The highest BCUT2D eigenvalue weighted by Gasteiger charge is 2.38. The Balaban J connectivity index is 1.30. The van der Waals surface area contributed by atoms with E-state index in [2.05, 4.69) is 39.5 Å². The average molecular weight is 430 g/mol. The highest BCUT2D eigenvalue weighted by molar-refractivity contribution is 7.22. The summed E-state index contributed by atoms with van der Waals surface area (Å²) in [6.45, 7) is 0. The summed E-state index contributed by atoms with van der Waals surface area (Å²) in [6.07, 6.45) is 8.78. The summed E-state index contributed by atoms with van der Waals surface area (Å²) in [5.41, 5.74) is 3.98. The maximum atomic E-state index is 9.57. The van der Waals surface area contributed by atoms with Crippen molar-refractivity contribution in [2.24, 2.45) is 7.05 Å². The van der Waals surface area contributed by atoms with Gasteiger partial charge in [0.2, 0.25) is 0 Å². The van der Waals surface area contributed by atoms with Crippen molar-refractivity contribution in [3.63, 3.8) is 0 Å². The molecule has 2 fully saturated rings. The van der Waals surface area contributed by atoms with Crippen molar-refractivity contribution in [1.82, 2.24) is 24.6 Å². The lowest BCUT2D eigenvalue weighted by atomic mass is 9.98. The summed E-state index contributed by atoms with van der Waals surface area (Å²) in [5, 5.41) is 19.6. The molecule has 31 heavy (non-hydrogen) atoms. The zero-order valence-corrected chi connectivity index (χ0v) is 18.4. The first kappa shape index (κ1) is 18.7. The minimum Gasteiger partial charge on any atom is -0.359 e. The Morgan fingerprint density at radius 3 is 2.74 bits per heavy atom. The summed E-state index contributed by atoms with van der Waals surface area (Å²) in [5.74, 6) is 0. The van der Waals surface area contributed by atoms with Crippen LogP contribution in [0.2, 0.25) is 0 Å². The van der Waals surface area contributed by atoms with Crippen LogP contribution in [-0.4, -0.2) is 49.8 Å². The fourth-order valence-corrected chi connectivity index (χ4v) is 6.19. The van der Waals surface area contributed by atoms with Crippen LogP contribution in [0.5, 0.6) is 0 Å². The third-order valence-corrected chi connectivity index (χ3v) is 7.79. The fraction of sp³-hybridized carbons (Fsp3) is 0.391. The lowest BCUT2D eigenvalue weighted by Gasteiger charge is -2.36. The van der Waals surface area contributed by atoms with Crippen molar-refractivity contribution in [3.8, 4) is 17.3 Å². The molecule has 2 bridgehead atoms. The predicted octanol–water partition coefficient (Wildman–Crippen LogP) is 4.15. The molecule has 0 radical (unpaired) electrons. The monoisotopic (exact) mass is 429 g/mol. The predicted molar refractivity (Wildman–Crippen MR) is 123 cm³/mol. The van der Waals surface area contributed by atoms with Gasteiger partial charge in [-0.3, -0.25) is 9.67 Å². The minimum atomic E-state index is 0.493. The number of pyridine rings is 1. The number of anilines is 1. The van der Waals surface area contributed by atoms with E-state index in [4.69, 9.17) is 4.98 Å². The van der Waals surface area contributed by atoms with Crippen LogP contribution in [0.4, 0.5) is 5.13 Å². The summed E-state index contributed by atoms with van der Waals surface area (Å²) >= 11 is 1.68. The molecule has 8 heteroatoms. The zero-order valence-electron chi connectivity index (χ0n) is 17.5. The smallest absolute Gasteiger partial charge is 0.184 e. The molecule has 2 unspecified atom stereocenters. The summed E-state index contributed by atoms with van der Waals surface area (Å²) in [6, 6.07) is 10.2. The first-order chi connectivity index (χ1) is 15.1. The molecule has 0 spiro atoms. The third kappa shape index (κ3) is 3.16. The van der Waals surface area contributed by atoms with Gasteiger partial charge in [-0.1, -0.05) is 11.3 Å². The Kier molecular flexibility index (Phi) is 4.23. The number of aromatic nitrogens is 4. The molecule has 7 nitrogen and oxygen atoms in total. The molecule has 2 atom stereocenters. The number of benzene rings is 1. The van der Waals surface area contributed by atoms with Gasteiger partial charge in [0.15, 0.2) is 5.13 Å². The van der Waals surface area contributed by atoms with Gasteiger partial charge >= 0.3 is 0 Å². The van der Waals surface area contributed by atoms with E-state index in [1.807, 2.05) is 31.6 Å². The molecule has 2 aliphatic heterocycles. The number of nitrogens with zero attached hydrogens (tertiary/aromatic N) is 6. The Labute approximate surface area is 184 Å². The molecule has 1 aromatic carbocycles. The summed E-state index contributed by atoms with van der Waals surface area (Å²) in [7, 11) is 4.14. The number of hydrogen-bond donors (Lipinski definition) is 1. The second-order valence-corrected chi connectivity index (χ2v) is 9.83. The van der Waals surface area contributed by atoms with Crippen molar-refractivity contribution < 1.29 is 0 Å². The van der Waals surface area contributed by atoms with Crippen molar-refractivity contribution in [2.45, 2.75) is 43.8 Å². The quantitative estimate of drug-likeness (QED) is 0.527. The second-order valence-electron chi connectivity index (χ2n) is 8.80. The van der Waals surface area contributed by atoms with Crippen LogP contribution in [0.1, 0.15) is 31.2 Å². The van der Waals surface area contributed by atoms with Gasteiger partial charge in [0.25, 0.3) is 0 Å². The third-order valence-electron chi connectivity index (χ3n) is 6.84. The number of thiazole rings is 1. The van der Waals surface area contributed by atoms with Crippen LogP contribution in [0.3, 0.4) is 0 Å². The molecule has 0 saturated carbocycles. The van der Waals surface area contributed by atoms with Crippen LogP contribution in [0.15, 0.2) is 30.6 Å². The molecule has 156 valence electrons. The van der Waals surface area contributed by atoms with E-state index < -0.39 is 0 Å². The number of hydrogen-bond acceptors (Lipinski definition) is 7. The number of rotatable bonds is 3. The Bertz CT molecular complexity index is 1330. The first-order valence-electron chi connectivity index (χ1n) is 10.7. The number of aryl methyl sites for hydroxylation is 1. The number of nitrogens with one attached hydrogen (secondary N) is 1. The standard InChI is InChI=1S/C23H23N7S/c1-29-12-15-6-13(5-14(10-24)22(15)28-29)19-9-21-20(11-25-19)27-23(31-21)26-16-7-17-3-4-18(8-16)30(17)2/h5-6,9,11-12,16-18H,3-4,7-8H2,1-2H3,(H,26,27). The SMILES string of the molecule is CN1C2CCC1CC(Nc1nc3cnc(-c4cc(C#N)c5nn(C)cc5c4)cc3s1)C2. The number of piperidine rings is 1. The normalized spacial score (nSPS) is 23.5. The molecule has 3 aromatic heterocycles. The van der Waals surface area contributed by atoms with E-state index in [0.29, 0.717) is 23.7 Å². The average Bonchev–Trinajstić information content (AvgIpc) is 3.38. The summed E-state index contributed by atoms with van der Waals surface area (Å²) in [4.78, 5) is 12.0. The van der Waals surface area contributed by atoms with Crippen molar-refractivity contribution in [1.29, 1.82) is 5.26 Å². The molecular formula is C23H23N7S. The molecule has 6 rings (SSSR count). The topological polar surface area (TPSA) is 82.7 Å². The molecular weight excluding hydrogens is 406 g/mol. The van der Waals surface area contributed by atoms with Crippen molar-refractivity contribution in [2.75, 3.05) is 12.4 Å². The van der Waals surface area contributed by atoms with E-state index in [1.54, 1.807) is 16.0 Å². The molecule has 0 amide bonds. The molecule has 4 aromatic rings. The lowest BCUT2D eigenvalue weighted by Crippen LogP contribution is -2.44. The highest BCUT2D eigenvalue weighted by Crippen LogP contribution is 2.37. The van der Waals surface area contributed by atoms with Gasteiger partial charge in [0.05, 0.1) is 22.2 Å². The van der Waals surface area contributed by atoms with Gasteiger partial charge in [-0.05, 0) is 50.9 Å². The van der Waals surface area contributed by atoms with Crippen LogP contribution < -0.4 is 5.32 Å². The van der Waals surface area contributed by atoms with Crippen LogP contribution in [-0.2, 0) is 7.05 Å². The van der Waals surface area contributed by atoms with Crippen LogP contribution in [0.25, 0.3) is 32.4 Å². The fourth-order valence-electron chi connectivity index (χ4n) is 5.24. The van der Waals surface area contributed by atoms with E-state index in [-0.39, 0.29) is 0 Å². The molecule has 2 saturated heterocycles. The van der Waals surface area contributed by atoms with E-state index in [9.17, 15) is 5.26 Å². The van der Waals surface area contributed by atoms with E-state index in [1.165, 1.54) is 25.7 Å². The van der Waals surface area contributed by atoms with Gasteiger partial charge in [-0.2, -0.15) is 10.4 Å². The lowest BCUT2D eigenvalue weighted by molar-refractivity contribution is 0.169. The largest absolute Gasteiger partial charge is 0.359 e. The van der Waals surface area contributed by atoms with Gasteiger partial charge in [-0.15, -0.1) is 0 Å². The highest BCUT2D eigenvalue weighted by atomic mass is 32.1. The maximum Gasteiger partial charge on any atom is 0.184 e. The number of nitriles is 1. The van der Waals surface area contributed by atoms with Gasteiger partial charge in [0.1, 0.15) is 17.1 Å². The van der Waals surface area contributed by atoms with Gasteiger partial charge in [-0.25, -0.2) is 4.98 Å². The molecule has 0 aliphatic carbocycles. The first-order valence-corrected chi connectivity index (χ1v) is 11.5. The Morgan fingerprint density at radius 2 is 1.97 bits per heavy atom. The van der Waals surface area contributed by atoms with Crippen molar-refractivity contribution in [3.05, 3.63) is 36.2 Å². The van der Waals surface area contributed by atoms with Gasteiger partial charge < -0.3 is 10.2 Å². The van der Waals surface area contributed by atoms with Gasteiger partial charge in [0, 0.05) is 42.3 Å². The minimum absolute atomic E-state index is 0.493. The van der Waals surface area contributed by atoms with Crippen molar-refractivity contribution >= 4 is 37.6 Å². The second kappa shape index (κ2) is 7.01. The maximum absolute atomic E-state index is 9.57. The Morgan fingerprint density at radius 1 is 1.16 bits per heavy atom. The van der Waals surface area contributed by atoms with E-state index in [0.717, 1.165) is 37.5 Å². The molecule has 5 heterocycles. The zero-order chi connectivity index (χ0) is 21.1. The molecule has 1 N–H and O–H groups in total.